The highest BCUT2D eigenvalue weighted by Gasteiger charge is 1.64. The van der Waals surface area contributed by atoms with Gasteiger partial charge in [0.05, 0.1) is 6.20 Å². The summed E-state index contributed by atoms with van der Waals surface area (Å²) >= 11 is 0. The maximum absolute atomic E-state index is 3.72. The lowest BCUT2D eigenvalue weighted by atomic mass is 10.9. The van der Waals surface area contributed by atoms with E-state index < -0.39 is 0 Å². The van der Waals surface area contributed by atoms with Gasteiger partial charge in [0.1, 0.15) is 0 Å². The average molecular weight is 80.1 g/mol. The van der Waals surface area contributed by atoms with Crippen molar-refractivity contribution >= 4 is 0 Å². The molecule has 1 aromatic heterocycles. The van der Waals surface area contributed by atoms with E-state index in [-0.39, 0.29) is 0 Å². The number of aromatic nitrogens is 2. The second kappa shape index (κ2) is 1.02. The van der Waals surface area contributed by atoms with Gasteiger partial charge >= 0.3 is 0 Å². The number of aryl methyl sites for hydroxylation is 1. The van der Waals surface area contributed by atoms with Crippen LogP contribution in [0.1, 0.15) is 0 Å². The Kier molecular flexibility index (Phi) is 0.548. The van der Waals surface area contributed by atoms with Crippen LogP contribution in [0.5, 0.6) is 0 Å². The van der Waals surface area contributed by atoms with E-state index in [9.17, 15) is 0 Å². The molecule has 0 unspecified atom stereocenters. The maximum Gasteiger partial charge on any atom is 0.0999 e. The zero-order valence-electron chi connectivity index (χ0n) is 3.47. The van der Waals surface area contributed by atoms with Gasteiger partial charge in [0, 0.05) is 13.2 Å². The molecule has 1 rings (SSSR count). The molecular weight excluding hydrogens is 76.1 g/mol. The van der Waals surface area contributed by atoms with E-state index in [4.69, 9.17) is 0 Å². The van der Waals surface area contributed by atoms with Crippen molar-refractivity contribution in [3.8, 4) is 0 Å². The molecule has 0 aliphatic rings. The molecule has 0 aromatic carbocycles. The summed E-state index contributed by atoms with van der Waals surface area (Å²) in [6, 6.07) is 2.66. The van der Waals surface area contributed by atoms with Gasteiger partial charge in [-0.15, -0.1) is 0 Å². The van der Waals surface area contributed by atoms with Crippen molar-refractivity contribution < 1.29 is 0 Å². The normalized spacial score (nSPS) is 7.50. The Labute approximate surface area is 36.4 Å². The van der Waals surface area contributed by atoms with Gasteiger partial charge in [-0.3, -0.25) is 0 Å². The summed E-state index contributed by atoms with van der Waals surface area (Å²) in [6.07, 6.45) is 4.25. The van der Waals surface area contributed by atoms with Gasteiger partial charge in [-0.1, -0.05) is 0 Å². The van der Waals surface area contributed by atoms with Gasteiger partial charge in [0.15, 0.2) is 0 Å². The summed E-state index contributed by atoms with van der Waals surface area (Å²) in [5.41, 5.74) is 0. The lowest BCUT2D eigenvalue weighted by Crippen LogP contribution is -1.83. The third-order valence-corrected chi connectivity index (χ3v) is 0.522. The van der Waals surface area contributed by atoms with Crippen molar-refractivity contribution in [3.05, 3.63) is 18.5 Å². The minimum Gasteiger partial charge on any atom is -0.225 e. The van der Waals surface area contributed by atoms with Crippen LogP contribution in [0.15, 0.2) is 6.20 Å². The van der Waals surface area contributed by atoms with Crippen molar-refractivity contribution in [2.75, 3.05) is 0 Å². The highest BCUT2D eigenvalue weighted by Crippen LogP contribution is 1.61. The molecule has 2 heteroatoms. The third kappa shape index (κ3) is 0.343. The molecule has 0 fully saturated rings. The molecular formula is C4H4N2. The van der Waals surface area contributed by atoms with Crippen LogP contribution in [0.25, 0.3) is 0 Å². The standard InChI is InChI=1S/C4H4N2/c1-6-4-2-3-5-6/h3H,1H3. The molecule has 0 saturated heterocycles. The SMILES string of the molecule is Cn1c#ccn1. The van der Waals surface area contributed by atoms with Crippen molar-refractivity contribution in [2.24, 2.45) is 7.05 Å². The summed E-state index contributed by atoms with van der Waals surface area (Å²) in [5.74, 6) is 0. The summed E-state index contributed by atoms with van der Waals surface area (Å²) < 4.78 is 1.57. The maximum atomic E-state index is 3.72. The van der Waals surface area contributed by atoms with Crippen LogP contribution in [0.4, 0.5) is 0 Å². The van der Waals surface area contributed by atoms with Gasteiger partial charge in [0.25, 0.3) is 0 Å². The summed E-state index contributed by atoms with van der Waals surface area (Å²) in [7, 11) is 1.80. The molecule has 0 saturated carbocycles. The lowest BCUT2D eigenvalue weighted by Gasteiger charge is -1.73. The largest absolute Gasteiger partial charge is 0.225 e. The fourth-order valence-corrected chi connectivity index (χ4v) is 0.267. The van der Waals surface area contributed by atoms with E-state index >= 15 is 0 Å². The second-order valence-corrected chi connectivity index (χ2v) is 1.02. The molecule has 0 spiro atoms. The molecule has 0 N–H and O–H groups in total. The van der Waals surface area contributed by atoms with Gasteiger partial charge in [-0.05, 0) is 6.07 Å². The predicted molar refractivity (Wildman–Crippen MR) is 20.9 cm³/mol. The molecule has 0 amide bonds. The first kappa shape index (κ1) is 3.23. The number of hydrogen-bond acceptors (Lipinski definition) is 1. The molecule has 0 atom stereocenters. The van der Waals surface area contributed by atoms with Gasteiger partial charge in [0.2, 0.25) is 0 Å². The quantitative estimate of drug-likeness (QED) is 0.429. The van der Waals surface area contributed by atoms with E-state index in [0.717, 1.165) is 0 Å². The second-order valence-electron chi connectivity index (χ2n) is 1.02. The number of rotatable bonds is 0. The zero-order chi connectivity index (χ0) is 4.41. The smallest absolute Gasteiger partial charge is 0.0999 e. The van der Waals surface area contributed by atoms with E-state index in [2.05, 4.69) is 17.4 Å². The molecule has 6 heavy (non-hydrogen) atoms. The van der Waals surface area contributed by atoms with Crippen LogP contribution in [0.3, 0.4) is 0 Å². The Bertz CT molecular complexity index is 109. The molecule has 2 nitrogen and oxygen atoms in total. The Morgan fingerprint density at radius 3 is 2.83 bits per heavy atom. The molecule has 1 aromatic rings. The van der Waals surface area contributed by atoms with Gasteiger partial charge in [-0.2, -0.15) is 5.10 Å². The Hall–Kier alpha value is -0.970. The van der Waals surface area contributed by atoms with Crippen LogP contribution >= 0.6 is 0 Å². The van der Waals surface area contributed by atoms with Crippen LogP contribution < -0.4 is 0 Å². The van der Waals surface area contributed by atoms with Crippen molar-refractivity contribution in [3.63, 3.8) is 0 Å². The zero-order valence-corrected chi connectivity index (χ0v) is 3.47. The first-order chi connectivity index (χ1) is 2.89. The van der Waals surface area contributed by atoms with Crippen LogP contribution in [0.2, 0.25) is 0 Å². The van der Waals surface area contributed by atoms with Crippen molar-refractivity contribution in [1.82, 2.24) is 9.78 Å². The minimum absolute atomic E-state index is 1.57. The Morgan fingerprint density at radius 1 is 1.83 bits per heavy atom. The van der Waals surface area contributed by atoms with Crippen LogP contribution in [-0.4, -0.2) is 9.78 Å². The van der Waals surface area contributed by atoms with Crippen molar-refractivity contribution in [1.29, 1.82) is 0 Å². The highest BCUT2D eigenvalue weighted by atomic mass is 15.2. The lowest BCUT2D eigenvalue weighted by molar-refractivity contribution is 0.764. The van der Waals surface area contributed by atoms with Crippen LogP contribution in [-0.2, 0) is 7.05 Å². The first-order valence-corrected chi connectivity index (χ1v) is 1.67. The van der Waals surface area contributed by atoms with E-state index in [1.54, 1.807) is 17.9 Å². The third-order valence-electron chi connectivity index (χ3n) is 0.522. The fraction of sp³-hybridized carbons (Fsp3) is 0.250. The van der Waals surface area contributed by atoms with E-state index in [0.29, 0.717) is 0 Å². The van der Waals surface area contributed by atoms with Crippen LogP contribution in [0, 0.1) is 12.3 Å². The fourth-order valence-electron chi connectivity index (χ4n) is 0.267. The topological polar surface area (TPSA) is 17.8 Å². The molecule has 0 aliphatic carbocycles. The average Bonchev–Trinajstić information content (AvgIpc) is 1.86. The Balaban J connectivity index is 3.05. The minimum atomic E-state index is 1.57. The van der Waals surface area contributed by atoms with Gasteiger partial charge in [-0.25, -0.2) is 4.68 Å². The molecule has 1 heterocycles. The molecule has 0 bridgehead atoms. The van der Waals surface area contributed by atoms with E-state index in [1.807, 2.05) is 0 Å². The van der Waals surface area contributed by atoms with Crippen molar-refractivity contribution in [2.45, 2.75) is 0 Å². The number of hydrogen-bond donors (Lipinski definition) is 0. The number of nitrogens with zero attached hydrogens (tertiary/aromatic N) is 2. The Morgan fingerprint density at radius 2 is 2.67 bits per heavy atom. The summed E-state index contributed by atoms with van der Waals surface area (Å²) in [5, 5.41) is 3.72. The van der Waals surface area contributed by atoms with E-state index in [1.165, 1.54) is 0 Å². The summed E-state index contributed by atoms with van der Waals surface area (Å²) in [6.45, 7) is 0. The molecule has 0 radical (unpaired) electrons. The highest BCUT2D eigenvalue weighted by molar-refractivity contribution is 4.57. The van der Waals surface area contributed by atoms with Gasteiger partial charge < -0.3 is 0 Å². The monoisotopic (exact) mass is 80.0 g/mol. The molecule has 0 aliphatic heterocycles. The first-order valence-electron chi connectivity index (χ1n) is 1.67. The predicted octanol–water partition coefficient (Wildman–Crippen LogP) is 0.0205. The molecule has 30 valence electrons. The summed E-state index contributed by atoms with van der Waals surface area (Å²) in [4.78, 5) is 0.